The molecule has 1 aliphatic heterocycles. The highest BCUT2D eigenvalue weighted by Crippen LogP contribution is 2.26. The fourth-order valence-corrected chi connectivity index (χ4v) is 1.85. The molecule has 0 aliphatic carbocycles. The van der Waals surface area contributed by atoms with E-state index in [0.717, 1.165) is 11.3 Å². The van der Waals surface area contributed by atoms with Crippen molar-refractivity contribution in [1.29, 1.82) is 0 Å². The summed E-state index contributed by atoms with van der Waals surface area (Å²) in [4.78, 5) is 13.4. The van der Waals surface area contributed by atoms with E-state index in [-0.39, 0.29) is 12.6 Å². The first-order valence-electron chi connectivity index (χ1n) is 4.88. The van der Waals surface area contributed by atoms with Crippen LogP contribution in [0.2, 0.25) is 0 Å². The number of hydrogen-bond donors (Lipinski definition) is 1. The summed E-state index contributed by atoms with van der Waals surface area (Å²) in [6, 6.07) is 7.32. The number of nitrogens with zero attached hydrogens (tertiary/aromatic N) is 1. The van der Waals surface area contributed by atoms with Crippen LogP contribution < -0.4 is 10.6 Å². The Morgan fingerprint density at radius 3 is 3.00 bits per heavy atom. The molecular formula is C11H14N2O2. The van der Waals surface area contributed by atoms with E-state index in [9.17, 15) is 4.79 Å². The molecule has 2 rings (SSSR count). The second-order valence-corrected chi connectivity index (χ2v) is 3.62. The SMILES string of the molecule is COCN1C(=O)C(N)Cc2ccccc21. The van der Waals surface area contributed by atoms with Crippen LogP contribution in [0, 0.1) is 0 Å². The van der Waals surface area contributed by atoms with E-state index in [0.29, 0.717) is 6.42 Å². The molecule has 0 radical (unpaired) electrons. The number of methoxy groups -OCH3 is 1. The van der Waals surface area contributed by atoms with Gasteiger partial charge in [0.15, 0.2) is 0 Å². The molecule has 0 saturated carbocycles. The minimum atomic E-state index is -0.449. The molecule has 80 valence electrons. The fraction of sp³-hybridized carbons (Fsp3) is 0.364. The zero-order valence-corrected chi connectivity index (χ0v) is 8.64. The van der Waals surface area contributed by atoms with Gasteiger partial charge in [-0.1, -0.05) is 18.2 Å². The van der Waals surface area contributed by atoms with E-state index in [4.69, 9.17) is 10.5 Å². The number of nitrogens with two attached hydrogens (primary N) is 1. The van der Waals surface area contributed by atoms with Gasteiger partial charge in [-0.3, -0.25) is 9.69 Å². The Morgan fingerprint density at radius 1 is 1.53 bits per heavy atom. The zero-order chi connectivity index (χ0) is 10.8. The second kappa shape index (κ2) is 4.00. The average Bonchev–Trinajstić information content (AvgIpc) is 2.25. The Hall–Kier alpha value is -1.39. The Labute approximate surface area is 88.6 Å². The Balaban J connectivity index is 2.40. The first-order chi connectivity index (χ1) is 7.24. The second-order valence-electron chi connectivity index (χ2n) is 3.62. The van der Waals surface area contributed by atoms with Crippen molar-refractivity contribution in [3.8, 4) is 0 Å². The third-order valence-corrected chi connectivity index (χ3v) is 2.56. The van der Waals surface area contributed by atoms with Gasteiger partial charge in [-0.15, -0.1) is 0 Å². The number of ether oxygens (including phenoxy) is 1. The standard InChI is InChI=1S/C11H14N2O2/c1-15-7-13-10-5-3-2-4-8(10)6-9(12)11(13)14/h2-5,9H,6-7,12H2,1H3. The molecule has 0 spiro atoms. The lowest BCUT2D eigenvalue weighted by atomic mass is 9.98. The van der Waals surface area contributed by atoms with E-state index in [2.05, 4.69) is 0 Å². The van der Waals surface area contributed by atoms with Crippen LogP contribution in [0.15, 0.2) is 24.3 Å². The van der Waals surface area contributed by atoms with Crippen molar-refractivity contribution >= 4 is 11.6 Å². The summed E-state index contributed by atoms with van der Waals surface area (Å²) in [6.45, 7) is 0.254. The summed E-state index contributed by atoms with van der Waals surface area (Å²) >= 11 is 0. The number of fused-ring (bicyclic) bond motifs is 1. The Bertz CT molecular complexity index is 379. The van der Waals surface area contributed by atoms with Crippen molar-refractivity contribution in [2.45, 2.75) is 12.5 Å². The maximum Gasteiger partial charge on any atom is 0.246 e. The number of benzene rings is 1. The summed E-state index contributed by atoms with van der Waals surface area (Å²) in [5.41, 5.74) is 7.77. The monoisotopic (exact) mass is 206 g/mol. The van der Waals surface area contributed by atoms with E-state index >= 15 is 0 Å². The largest absolute Gasteiger partial charge is 0.364 e. The number of anilines is 1. The van der Waals surface area contributed by atoms with Crippen molar-refractivity contribution in [3.63, 3.8) is 0 Å². The highest BCUT2D eigenvalue weighted by atomic mass is 16.5. The molecule has 4 nitrogen and oxygen atoms in total. The smallest absolute Gasteiger partial charge is 0.246 e. The van der Waals surface area contributed by atoms with E-state index in [1.165, 1.54) is 0 Å². The topological polar surface area (TPSA) is 55.6 Å². The first-order valence-corrected chi connectivity index (χ1v) is 4.88. The molecule has 0 bridgehead atoms. The minimum Gasteiger partial charge on any atom is -0.364 e. The molecule has 1 heterocycles. The van der Waals surface area contributed by atoms with Gasteiger partial charge in [0.05, 0.1) is 6.04 Å². The lowest BCUT2D eigenvalue weighted by Crippen LogP contribution is -2.49. The number of rotatable bonds is 2. The summed E-state index contributed by atoms with van der Waals surface area (Å²) in [5, 5.41) is 0. The van der Waals surface area contributed by atoms with Crippen molar-refractivity contribution in [2.24, 2.45) is 5.73 Å². The molecule has 1 unspecified atom stereocenters. The quantitative estimate of drug-likeness (QED) is 0.767. The molecular weight excluding hydrogens is 192 g/mol. The third kappa shape index (κ3) is 1.73. The van der Waals surface area contributed by atoms with Gasteiger partial charge >= 0.3 is 0 Å². The van der Waals surface area contributed by atoms with Crippen molar-refractivity contribution in [3.05, 3.63) is 29.8 Å². The summed E-state index contributed by atoms with van der Waals surface area (Å²) < 4.78 is 5.01. The highest BCUT2D eigenvalue weighted by molar-refractivity contribution is 5.99. The number of amides is 1. The first kappa shape index (κ1) is 10.1. The summed E-state index contributed by atoms with van der Waals surface area (Å²) in [5.74, 6) is -0.0736. The fourth-order valence-electron chi connectivity index (χ4n) is 1.85. The van der Waals surface area contributed by atoms with Crippen molar-refractivity contribution < 1.29 is 9.53 Å². The van der Waals surface area contributed by atoms with E-state index in [1.54, 1.807) is 12.0 Å². The van der Waals surface area contributed by atoms with Crippen LogP contribution in [-0.2, 0) is 16.0 Å². The van der Waals surface area contributed by atoms with Gasteiger partial charge in [0.25, 0.3) is 0 Å². The Kier molecular flexibility index (Phi) is 2.70. The molecule has 2 N–H and O–H groups in total. The van der Waals surface area contributed by atoms with Crippen molar-refractivity contribution in [2.75, 3.05) is 18.7 Å². The molecule has 0 fully saturated rings. The molecule has 15 heavy (non-hydrogen) atoms. The average molecular weight is 206 g/mol. The molecule has 4 heteroatoms. The maximum absolute atomic E-state index is 11.8. The van der Waals surface area contributed by atoms with Gasteiger partial charge in [0, 0.05) is 12.8 Å². The van der Waals surface area contributed by atoms with Gasteiger partial charge in [-0.05, 0) is 18.1 Å². The van der Waals surface area contributed by atoms with Crippen LogP contribution in [0.25, 0.3) is 0 Å². The number of hydrogen-bond acceptors (Lipinski definition) is 3. The predicted molar refractivity (Wildman–Crippen MR) is 57.5 cm³/mol. The predicted octanol–water partition coefficient (Wildman–Crippen LogP) is 0.507. The molecule has 1 aliphatic rings. The minimum absolute atomic E-state index is 0.0736. The van der Waals surface area contributed by atoms with Crippen LogP contribution >= 0.6 is 0 Å². The maximum atomic E-state index is 11.8. The van der Waals surface area contributed by atoms with Crippen LogP contribution in [-0.4, -0.2) is 25.8 Å². The van der Waals surface area contributed by atoms with E-state index in [1.807, 2.05) is 24.3 Å². The van der Waals surface area contributed by atoms with Crippen LogP contribution in [0.1, 0.15) is 5.56 Å². The summed E-state index contributed by atoms with van der Waals surface area (Å²) in [7, 11) is 1.57. The van der Waals surface area contributed by atoms with Gasteiger partial charge in [0.1, 0.15) is 6.73 Å². The highest BCUT2D eigenvalue weighted by Gasteiger charge is 2.29. The van der Waals surface area contributed by atoms with Crippen LogP contribution in [0.3, 0.4) is 0 Å². The zero-order valence-electron chi connectivity index (χ0n) is 8.64. The summed E-state index contributed by atoms with van der Waals surface area (Å²) in [6.07, 6.45) is 0.606. The van der Waals surface area contributed by atoms with Crippen molar-refractivity contribution in [1.82, 2.24) is 0 Å². The number of para-hydroxylation sites is 1. The molecule has 1 amide bonds. The van der Waals surface area contributed by atoms with Gasteiger partial charge in [0.2, 0.25) is 5.91 Å². The molecule has 0 aromatic heterocycles. The molecule has 1 aromatic rings. The Morgan fingerprint density at radius 2 is 2.27 bits per heavy atom. The lowest BCUT2D eigenvalue weighted by Gasteiger charge is -2.31. The van der Waals surface area contributed by atoms with Gasteiger partial charge in [-0.2, -0.15) is 0 Å². The third-order valence-electron chi connectivity index (χ3n) is 2.56. The molecule has 1 atom stereocenters. The molecule has 1 aromatic carbocycles. The lowest BCUT2D eigenvalue weighted by molar-refractivity contribution is -0.121. The number of carbonyl (C=O) groups is 1. The van der Waals surface area contributed by atoms with Crippen LogP contribution in [0.5, 0.6) is 0 Å². The van der Waals surface area contributed by atoms with E-state index < -0.39 is 6.04 Å². The van der Waals surface area contributed by atoms with Gasteiger partial charge < -0.3 is 10.5 Å². The number of carbonyl (C=O) groups excluding carboxylic acids is 1. The molecule has 0 saturated heterocycles. The van der Waals surface area contributed by atoms with Gasteiger partial charge in [-0.25, -0.2) is 0 Å². The normalized spacial score (nSPS) is 20.3. The van der Waals surface area contributed by atoms with Crippen LogP contribution in [0.4, 0.5) is 5.69 Å².